The number of nitrogens with one attached hydrogen (secondary N) is 1. The zero-order valence-corrected chi connectivity index (χ0v) is 18.7. The molecule has 172 valence electrons. The first-order valence-corrected chi connectivity index (χ1v) is 11.3. The highest BCUT2D eigenvalue weighted by Gasteiger charge is 2.26. The van der Waals surface area contributed by atoms with Crippen LogP contribution >= 0.6 is 0 Å². The van der Waals surface area contributed by atoms with Gasteiger partial charge in [-0.2, -0.15) is 5.10 Å². The fourth-order valence-corrected chi connectivity index (χ4v) is 4.13. The molecule has 2 aromatic heterocycles. The molecule has 2 aliphatic rings. The summed E-state index contributed by atoms with van der Waals surface area (Å²) in [6.45, 7) is 4.08. The third-order valence-electron chi connectivity index (χ3n) is 5.92. The average molecular weight is 450 g/mol. The monoisotopic (exact) mass is 449 g/mol. The molecule has 5 rings (SSSR count). The second-order valence-corrected chi connectivity index (χ2v) is 8.96. The van der Waals surface area contributed by atoms with Gasteiger partial charge in [-0.25, -0.2) is 4.98 Å². The van der Waals surface area contributed by atoms with Gasteiger partial charge in [0.2, 0.25) is 11.8 Å². The molecule has 2 fully saturated rings. The summed E-state index contributed by atoms with van der Waals surface area (Å²) in [6.07, 6.45) is 8.89. The van der Waals surface area contributed by atoms with Crippen LogP contribution in [0.15, 0.2) is 30.7 Å². The Morgan fingerprint density at radius 1 is 1.24 bits per heavy atom. The summed E-state index contributed by atoms with van der Waals surface area (Å²) in [6, 6.07) is 3.90. The van der Waals surface area contributed by atoms with Gasteiger partial charge in [-0.15, -0.1) is 0 Å². The maximum Gasteiger partial charge on any atom is 0.252 e. The lowest BCUT2D eigenvalue weighted by atomic mass is 9.99. The SMILES string of the molecule is CC(C)Oc1cc2c(OC[C@@H]3CCC(=O)N3)ncc(-c3cnn(C4CC4)c3)c2cc1C(N)=O. The second kappa shape index (κ2) is 8.38. The lowest BCUT2D eigenvalue weighted by Crippen LogP contribution is -2.31. The van der Waals surface area contributed by atoms with E-state index in [0.717, 1.165) is 35.8 Å². The lowest BCUT2D eigenvalue weighted by Gasteiger charge is -2.18. The molecular formula is C24H27N5O4. The molecule has 9 heteroatoms. The van der Waals surface area contributed by atoms with Gasteiger partial charge in [0.15, 0.2) is 0 Å². The summed E-state index contributed by atoms with van der Waals surface area (Å²) < 4.78 is 13.9. The third kappa shape index (κ3) is 4.35. The molecule has 3 aromatic rings. The zero-order valence-electron chi connectivity index (χ0n) is 18.7. The van der Waals surface area contributed by atoms with E-state index in [4.69, 9.17) is 15.2 Å². The molecule has 1 aliphatic carbocycles. The molecule has 0 unspecified atom stereocenters. The number of primary amides is 1. The van der Waals surface area contributed by atoms with Crippen LogP contribution in [0.2, 0.25) is 0 Å². The van der Waals surface area contributed by atoms with Crippen LogP contribution in [0.5, 0.6) is 11.6 Å². The fraction of sp³-hybridized carbons (Fsp3) is 0.417. The smallest absolute Gasteiger partial charge is 0.252 e. The summed E-state index contributed by atoms with van der Waals surface area (Å²) in [5.74, 6) is 0.258. The number of benzene rings is 1. The van der Waals surface area contributed by atoms with E-state index in [9.17, 15) is 9.59 Å². The number of amides is 2. The summed E-state index contributed by atoms with van der Waals surface area (Å²) in [4.78, 5) is 28.4. The van der Waals surface area contributed by atoms with E-state index in [2.05, 4.69) is 15.4 Å². The molecule has 1 atom stereocenters. The lowest BCUT2D eigenvalue weighted by molar-refractivity contribution is -0.119. The van der Waals surface area contributed by atoms with Crippen molar-refractivity contribution < 1.29 is 19.1 Å². The van der Waals surface area contributed by atoms with Crippen LogP contribution < -0.4 is 20.5 Å². The minimum Gasteiger partial charge on any atom is -0.490 e. The van der Waals surface area contributed by atoms with Crippen LogP contribution in [0.3, 0.4) is 0 Å². The van der Waals surface area contributed by atoms with Gasteiger partial charge in [-0.1, -0.05) is 0 Å². The van der Waals surface area contributed by atoms with E-state index in [1.165, 1.54) is 0 Å². The van der Waals surface area contributed by atoms with Crippen molar-refractivity contribution in [1.82, 2.24) is 20.1 Å². The molecule has 0 radical (unpaired) electrons. The van der Waals surface area contributed by atoms with Crippen molar-refractivity contribution >= 4 is 22.6 Å². The Bertz CT molecular complexity index is 1230. The van der Waals surface area contributed by atoms with Crippen molar-refractivity contribution in [2.45, 2.75) is 57.7 Å². The van der Waals surface area contributed by atoms with Gasteiger partial charge < -0.3 is 20.5 Å². The molecule has 1 saturated carbocycles. The van der Waals surface area contributed by atoms with Crippen LogP contribution in [-0.2, 0) is 4.79 Å². The van der Waals surface area contributed by atoms with E-state index in [-0.39, 0.29) is 18.1 Å². The number of carbonyl (C=O) groups excluding carboxylic acids is 2. The number of hydrogen-bond acceptors (Lipinski definition) is 6. The highest BCUT2D eigenvalue weighted by atomic mass is 16.5. The van der Waals surface area contributed by atoms with E-state index < -0.39 is 5.91 Å². The average Bonchev–Trinajstić information content (AvgIpc) is 3.35. The third-order valence-corrected chi connectivity index (χ3v) is 5.92. The first-order valence-electron chi connectivity index (χ1n) is 11.3. The maximum absolute atomic E-state index is 12.3. The fourth-order valence-electron chi connectivity index (χ4n) is 4.13. The number of nitrogens with two attached hydrogens (primary N) is 1. The standard InChI is InChI=1S/C24H27N5O4/c1-13(2)33-21-8-18-17(7-19(21)23(25)31)20(14-9-27-29(11-14)16-4-5-16)10-26-24(18)32-12-15-3-6-22(30)28-15/h7-11,13,15-16H,3-6,12H2,1-2H3,(H2,25,31)(H,28,30)/t15-/m0/s1. The predicted molar refractivity (Wildman–Crippen MR) is 122 cm³/mol. The largest absolute Gasteiger partial charge is 0.490 e. The Kier molecular flexibility index (Phi) is 5.39. The molecule has 0 bridgehead atoms. The number of rotatable bonds is 8. The molecular weight excluding hydrogens is 422 g/mol. The number of carbonyl (C=O) groups is 2. The minimum atomic E-state index is -0.569. The van der Waals surface area contributed by atoms with Crippen LogP contribution in [0.25, 0.3) is 21.9 Å². The van der Waals surface area contributed by atoms with Gasteiger partial charge in [0.1, 0.15) is 12.4 Å². The van der Waals surface area contributed by atoms with Crippen molar-refractivity contribution in [3.05, 3.63) is 36.3 Å². The molecule has 3 N–H and O–H groups in total. The highest BCUT2D eigenvalue weighted by Crippen LogP contribution is 2.39. The Morgan fingerprint density at radius 3 is 2.73 bits per heavy atom. The zero-order chi connectivity index (χ0) is 23.1. The Balaban J connectivity index is 1.60. The van der Waals surface area contributed by atoms with Gasteiger partial charge in [-0.3, -0.25) is 14.3 Å². The Hall–Kier alpha value is -3.62. The van der Waals surface area contributed by atoms with Gasteiger partial charge in [0.25, 0.3) is 5.91 Å². The van der Waals surface area contributed by atoms with Gasteiger partial charge in [0.05, 0.1) is 29.9 Å². The summed E-state index contributed by atoms with van der Waals surface area (Å²) in [5, 5.41) is 8.88. The van der Waals surface area contributed by atoms with Crippen molar-refractivity contribution in [2.75, 3.05) is 6.61 Å². The predicted octanol–water partition coefficient (Wildman–Crippen LogP) is 2.98. The molecule has 1 aliphatic heterocycles. The first kappa shape index (κ1) is 21.2. The topological polar surface area (TPSA) is 121 Å². The molecule has 0 spiro atoms. The van der Waals surface area contributed by atoms with Crippen molar-refractivity contribution in [3.63, 3.8) is 0 Å². The van der Waals surface area contributed by atoms with Crippen LogP contribution in [0, 0.1) is 0 Å². The van der Waals surface area contributed by atoms with Crippen molar-refractivity contribution in [3.8, 4) is 22.8 Å². The summed E-state index contributed by atoms with van der Waals surface area (Å²) >= 11 is 0. The van der Waals surface area contributed by atoms with Crippen molar-refractivity contribution in [2.24, 2.45) is 5.73 Å². The van der Waals surface area contributed by atoms with Gasteiger partial charge >= 0.3 is 0 Å². The van der Waals surface area contributed by atoms with E-state index in [1.54, 1.807) is 18.3 Å². The molecule has 9 nitrogen and oxygen atoms in total. The van der Waals surface area contributed by atoms with Crippen molar-refractivity contribution in [1.29, 1.82) is 0 Å². The Labute approximate surface area is 191 Å². The highest BCUT2D eigenvalue weighted by molar-refractivity contribution is 6.06. The molecule has 1 saturated heterocycles. The normalized spacial score (nSPS) is 18.0. The van der Waals surface area contributed by atoms with E-state index >= 15 is 0 Å². The number of aromatic nitrogens is 3. The molecule has 33 heavy (non-hydrogen) atoms. The van der Waals surface area contributed by atoms with E-state index in [1.807, 2.05) is 30.9 Å². The Morgan fingerprint density at radius 2 is 2.06 bits per heavy atom. The number of ether oxygens (including phenoxy) is 2. The number of pyridine rings is 1. The van der Waals surface area contributed by atoms with Crippen LogP contribution in [0.1, 0.15) is 55.9 Å². The summed E-state index contributed by atoms with van der Waals surface area (Å²) in [7, 11) is 0. The van der Waals surface area contributed by atoms with Gasteiger partial charge in [-0.05, 0) is 50.6 Å². The molecule has 3 heterocycles. The molecule has 1 aromatic carbocycles. The number of hydrogen-bond donors (Lipinski definition) is 2. The number of fused-ring (bicyclic) bond motifs is 1. The first-order chi connectivity index (χ1) is 15.9. The van der Waals surface area contributed by atoms with Gasteiger partial charge in [0, 0.05) is 35.3 Å². The molecule has 2 amide bonds. The maximum atomic E-state index is 12.3. The minimum absolute atomic E-state index is 0.0307. The van der Waals surface area contributed by atoms with Crippen LogP contribution in [-0.4, -0.2) is 45.3 Å². The number of nitrogens with zero attached hydrogens (tertiary/aromatic N) is 3. The van der Waals surface area contributed by atoms with Crippen LogP contribution in [0.4, 0.5) is 0 Å². The summed E-state index contributed by atoms with van der Waals surface area (Å²) in [5.41, 5.74) is 7.73. The second-order valence-electron chi connectivity index (χ2n) is 8.96. The van der Waals surface area contributed by atoms with E-state index in [0.29, 0.717) is 41.6 Å². The quantitative estimate of drug-likeness (QED) is 0.545.